The molecule has 0 spiro atoms. The molecule has 22 heavy (non-hydrogen) atoms. The molecule has 0 saturated carbocycles. The Morgan fingerprint density at radius 1 is 1.41 bits per heavy atom. The maximum atomic E-state index is 12.8. The van der Waals surface area contributed by atoms with Crippen LogP contribution in [0.2, 0.25) is 0 Å². The van der Waals surface area contributed by atoms with Crippen molar-refractivity contribution < 1.29 is 9.59 Å². The first-order chi connectivity index (χ1) is 10.6. The molecule has 3 atom stereocenters. The second-order valence-electron chi connectivity index (χ2n) is 5.96. The molecular formula is C15H22N4O2S. The van der Waals surface area contributed by atoms with Crippen molar-refractivity contribution in [1.29, 1.82) is 0 Å². The van der Waals surface area contributed by atoms with Crippen LogP contribution in [-0.4, -0.2) is 42.0 Å². The molecule has 0 aliphatic carbocycles. The van der Waals surface area contributed by atoms with E-state index in [2.05, 4.69) is 10.6 Å². The van der Waals surface area contributed by atoms with Gasteiger partial charge in [-0.3, -0.25) is 4.79 Å². The van der Waals surface area contributed by atoms with E-state index in [4.69, 9.17) is 5.73 Å². The van der Waals surface area contributed by atoms with Crippen molar-refractivity contribution >= 4 is 23.3 Å². The van der Waals surface area contributed by atoms with Gasteiger partial charge in [0.15, 0.2) is 0 Å². The standard InChI is InChI=1S/C15H22N4O2S/c16-15(21)18-12(13-2-1-7-22-13)8-14(20)19-10-3-4-11(19)9-17-6-5-10/h1-2,7,10-12,17H,3-6,8-9H2,(H3,16,18,21). The number of nitrogens with zero attached hydrogens (tertiary/aromatic N) is 1. The van der Waals surface area contributed by atoms with Gasteiger partial charge in [-0.05, 0) is 37.3 Å². The molecule has 1 aromatic heterocycles. The fourth-order valence-corrected chi connectivity index (χ4v) is 4.33. The maximum absolute atomic E-state index is 12.8. The number of urea groups is 1. The van der Waals surface area contributed by atoms with Gasteiger partial charge < -0.3 is 21.3 Å². The van der Waals surface area contributed by atoms with Crippen LogP contribution < -0.4 is 16.4 Å². The number of rotatable bonds is 4. The molecule has 6 nitrogen and oxygen atoms in total. The molecule has 2 aliphatic rings. The predicted molar refractivity (Wildman–Crippen MR) is 85.5 cm³/mol. The molecule has 0 radical (unpaired) electrons. The van der Waals surface area contributed by atoms with Crippen LogP contribution in [0.3, 0.4) is 0 Å². The van der Waals surface area contributed by atoms with E-state index in [9.17, 15) is 9.59 Å². The Hall–Kier alpha value is -1.60. The van der Waals surface area contributed by atoms with E-state index in [1.807, 2.05) is 22.4 Å². The second-order valence-corrected chi connectivity index (χ2v) is 6.94. The van der Waals surface area contributed by atoms with Gasteiger partial charge in [-0.15, -0.1) is 11.3 Å². The zero-order valence-corrected chi connectivity index (χ0v) is 13.3. The van der Waals surface area contributed by atoms with Gasteiger partial charge >= 0.3 is 6.03 Å². The molecule has 3 rings (SSSR count). The van der Waals surface area contributed by atoms with E-state index in [0.29, 0.717) is 6.04 Å². The minimum atomic E-state index is -0.591. The Bertz CT molecular complexity index is 520. The van der Waals surface area contributed by atoms with Crippen molar-refractivity contribution in [2.24, 2.45) is 5.73 Å². The largest absolute Gasteiger partial charge is 0.352 e. The van der Waals surface area contributed by atoms with Gasteiger partial charge in [0.05, 0.1) is 12.5 Å². The average molecular weight is 322 g/mol. The fourth-order valence-electron chi connectivity index (χ4n) is 3.55. The number of primary amides is 1. The van der Waals surface area contributed by atoms with Crippen molar-refractivity contribution in [3.8, 4) is 0 Å². The van der Waals surface area contributed by atoms with Crippen LogP contribution in [0.15, 0.2) is 17.5 Å². The van der Waals surface area contributed by atoms with Gasteiger partial charge in [-0.25, -0.2) is 4.79 Å². The van der Waals surface area contributed by atoms with Gasteiger partial charge in [0, 0.05) is 23.5 Å². The number of nitrogens with two attached hydrogens (primary N) is 1. The predicted octanol–water partition coefficient (Wildman–Crippen LogP) is 1.20. The number of hydrogen-bond donors (Lipinski definition) is 3. The van der Waals surface area contributed by atoms with E-state index in [1.165, 1.54) is 11.3 Å². The second kappa shape index (κ2) is 6.66. The third kappa shape index (κ3) is 3.25. The van der Waals surface area contributed by atoms with Crippen LogP contribution in [0.5, 0.6) is 0 Å². The van der Waals surface area contributed by atoms with Crippen molar-refractivity contribution in [2.45, 2.75) is 43.8 Å². The molecule has 3 unspecified atom stereocenters. The van der Waals surface area contributed by atoms with E-state index >= 15 is 0 Å². The quantitative estimate of drug-likeness (QED) is 0.778. The minimum absolute atomic E-state index is 0.114. The summed E-state index contributed by atoms with van der Waals surface area (Å²) in [6.45, 7) is 1.84. The molecule has 120 valence electrons. The SMILES string of the molecule is NC(=O)NC(CC(=O)N1C2CCNCC1CC2)c1cccs1. The topological polar surface area (TPSA) is 87.5 Å². The van der Waals surface area contributed by atoms with E-state index < -0.39 is 6.03 Å². The summed E-state index contributed by atoms with van der Waals surface area (Å²) < 4.78 is 0. The maximum Gasteiger partial charge on any atom is 0.312 e. The van der Waals surface area contributed by atoms with E-state index in [-0.39, 0.29) is 24.4 Å². The Labute approximate surface area is 134 Å². The molecule has 1 aromatic rings. The zero-order chi connectivity index (χ0) is 15.5. The lowest BCUT2D eigenvalue weighted by molar-refractivity contribution is -0.134. The highest BCUT2D eigenvalue weighted by Crippen LogP contribution is 2.31. The molecule has 2 bridgehead atoms. The summed E-state index contributed by atoms with van der Waals surface area (Å²) in [5.74, 6) is 0.114. The summed E-state index contributed by atoms with van der Waals surface area (Å²) in [5, 5.41) is 8.04. The first-order valence-electron chi connectivity index (χ1n) is 7.76. The number of carbonyl (C=O) groups is 2. The van der Waals surface area contributed by atoms with Crippen LogP contribution >= 0.6 is 11.3 Å². The summed E-state index contributed by atoms with van der Waals surface area (Å²) in [6, 6.07) is 3.55. The van der Waals surface area contributed by atoms with Gasteiger partial charge in [-0.1, -0.05) is 6.07 Å². The van der Waals surface area contributed by atoms with Crippen LogP contribution in [0.25, 0.3) is 0 Å². The smallest absolute Gasteiger partial charge is 0.312 e. The fraction of sp³-hybridized carbons (Fsp3) is 0.600. The van der Waals surface area contributed by atoms with Crippen molar-refractivity contribution in [1.82, 2.24) is 15.5 Å². The summed E-state index contributed by atoms with van der Waals surface area (Å²) >= 11 is 1.53. The first kappa shape index (κ1) is 15.3. The summed E-state index contributed by atoms with van der Waals surface area (Å²) in [6.07, 6.45) is 3.44. The lowest BCUT2D eigenvalue weighted by atomic mass is 10.1. The van der Waals surface area contributed by atoms with Gasteiger partial charge in [-0.2, -0.15) is 0 Å². The number of thiophene rings is 1. The van der Waals surface area contributed by atoms with Gasteiger partial charge in [0.2, 0.25) is 5.91 Å². The minimum Gasteiger partial charge on any atom is -0.352 e. The summed E-state index contributed by atoms with van der Waals surface area (Å²) in [5.41, 5.74) is 5.27. The Balaban J connectivity index is 1.72. The van der Waals surface area contributed by atoms with Crippen molar-refractivity contribution in [2.75, 3.05) is 13.1 Å². The molecule has 2 fully saturated rings. The number of hydrogen-bond acceptors (Lipinski definition) is 4. The van der Waals surface area contributed by atoms with Crippen molar-refractivity contribution in [3.63, 3.8) is 0 Å². The van der Waals surface area contributed by atoms with E-state index in [1.54, 1.807) is 0 Å². The number of fused-ring (bicyclic) bond motifs is 2. The third-order valence-corrected chi connectivity index (χ3v) is 5.51. The lowest BCUT2D eigenvalue weighted by Gasteiger charge is -2.29. The number of carbonyl (C=O) groups excluding carboxylic acids is 2. The number of amides is 3. The normalized spacial score (nSPS) is 25.5. The lowest BCUT2D eigenvalue weighted by Crippen LogP contribution is -2.44. The van der Waals surface area contributed by atoms with Crippen LogP contribution in [0.4, 0.5) is 4.79 Å². The highest BCUT2D eigenvalue weighted by atomic mass is 32.1. The monoisotopic (exact) mass is 322 g/mol. The molecule has 7 heteroatoms. The molecule has 2 aliphatic heterocycles. The summed E-state index contributed by atoms with van der Waals surface area (Å²) in [4.78, 5) is 27.1. The first-order valence-corrected chi connectivity index (χ1v) is 8.64. The van der Waals surface area contributed by atoms with E-state index in [0.717, 1.165) is 37.2 Å². The Morgan fingerprint density at radius 3 is 2.95 bits per heavy atom. The highest BCUT2D eigenvalue weighted by Gasteiger charge is 2.38. The third-order valence-electron chi connectivity index (χ3n) is 4.52. The molecule has 4 N–H and O–H groups in total. The van der Waals surface area contributed by atoms with Crippen molar-refractivity contribution in [3.05, 3.63) is 22.4 Å². The average Bonchev–Trinajstić information content (AvgIpc) is 3.04. The highest BCUT2D eigenvalue weighted by molar-refractivity contribution is 7.10. The number of nitrogens with one attached hydrogen (secondary N) is 2. The summed E-state index contributed by atoms with van der Waals surface area (Å²) in [7, 11) is 0. The molecule has 2 saturated heterocycles. The van der Waals surface area contributed by atoms with Gasteiger partial charge in [0.1, 0.15) is 0 Å². The molecule has 0 aromatic carbocycles. The van der Waals surface area contributed by atoms with Crippen LogP contribution in [0.1, 0.15) is 36.6 Å². The Morgan fingerprint density at radius 2 is 2.23 bits per heavy atom. The molecule has 3 amide bonds. The van der Waals surface area contributed by atoms with Crippen LogP contribution in [0, 0.1) is 0 Å². The molecular weight excluding hydrogens is 300 g/mol. The van der Waals surface area contributed by atoms with Crippen LogP contribution in [-0.2, 0) is 4.79 Å². The van der Waals surface area contributed by atoms with Gasteiger partial charge in [0.25, 0.3) is 0 Å². The Kier molecular flexibility index (Phi) is 4.63. The zero-order valence-electron chi connectivity index (χ0n) is 12.5. The molecule has 3 heterocycles.